The van der Waals surface area contributed by atoms with Crippen LogP contribution in [-0.2, 0) is 9.59 Å². The number of halogens is 2. The van der Waals surface area contributed by atoms with Crippen molar-refractivity contribution in [1.29, 1.82) is 0 Å². The lowest BCUT2D eigenvalue weighted by Crippen LogP contribution is -2.54. The topological polar surface area (TPSA) is 107 Å². The van der Waals surface area contributed by atoms with Crippen LogP contribution in [0.5, 0.6) is 0 Å². The average molecular weight is 538 g/mol. The highest BCUT2D eigenvalue weighted by Crippen LogP contribution is 2.24. The number of benzene rings is 3. The molecule has 2 N–H and O–H groups in total. The molecule has 0 spiro atoms. The van der Waals surface area contributed by atoms with E-state index in [4.69, 9.17) is 11.6 Å². The molecule has 3 amide bonds. The number of nitrogens with zero attached hydrogens (tertiary/aromatic N) is 2. The molecule has 8 nitrogen and oxygen atoms in total. The highest BCUT2D eigenvalue weighted by molar-refractivity contribution is 6.30. The first-order chi connectivity index (χ1) is 18.1. The van der Waals surface area contributed by atoms with E-state index in [-0.39, 0.29) is 18.7 Å². The minimum Gasteiger partial charge on any atom is -0.481 e. The number of carboxylic acid groups (broad SMARTS) is 1. The van der Waals surface area contributed by atoms with Gasteiger partial charge in [-0.3, -0.25) is 19.2 Å². The van der Waals surface area contributed by atoms with Gasteiger partial charge in [-0.05, 0) is 61.0 Å². The summed E-state index contributed by atoms with van der Waals surface area (Å²) in [7, 11) is 0. The van der Waals surface area contributed by atoms with Gasteiger partial charge in [0, 0.05) is 29.2 Å². The molecule has 0 bridgehead atoms. The molecule has 0 aliphatic carbocycles. The Kier molecular flexibility index (Phi) is 8.07. The summed E-state index contributed by atoms with van der Waals surface area (Å²) in [6, 6.07) is 17.0. The molecule has 1 fully saturated rings. The van der Waals surface area contributed by atoms with Crippen LogP contribution in [0.25, 0.3) is 0 Å². The largest absolute Gasteiger partial charge is 0.481 e. The lowest BCUT2D eigenvalue weighted by Gasteiger charge is -2.31. The summed E-state index contributed by atoms with van der Waals surface area (Å²) in [4.78, 5) is 54.7. The first-order valence-electron chi connectivity index (χ1n) is 11.9. The number of rotatable bonds is 7. The maximum atomic E-state index is 13.7. The Morgan fingerprint density at radius 1 is 0.895 bits per heavy atom. The molecule has 1 aliphatic heterocycles. The summed E-state index contributed by atoms with van der Waals surface area (Å²) in [5, 5.41) is 12.5. The number of hydrogen-bond acceptors (Lipinski definition) is 4. The number of carbonyl (C=O) groups is 4. The van der Waals surface area contributed by atoms with Gasteiger partial charge in [-0.2, -0.15) is 0 Å². The number of aliphatic carboxylic acids is 1. The number of amides is 3. The third kappa shape index (κ3) is 6.00. The standard InChI is InChI=1S/C28H25ClFN3O5/c1-17-2-4-19(5-3-17)27(37)32-14-15-33(28(38)20-6-10-21(29)11-7-20)26(32)25(36)31-23(16-24(34)35)18-8-12-22(30)13-9-18/h2-13,23,26H,14-16H2,1H3,(H,31,36)(H,34,35). The van der Waals surface area contributed by atoms with E-state index in [0.29, 0.717) is 16.1 Å². The molecule has 2 atom stereocenters. The van der Waals surface area contributed by atoms with E-state index in [2.05, 4.69) is 5.32 Å². The third-order valence-electron chi connectivity index (χ3n) is 6.29. The monoisotopic (exact) mass is 537 g/mol. The van der Waals surface area contributed by atoms with Crippen molar-refractivity contribution < 1.29 is 28.7 Å². The minimum atomic E-state index is -1.34. The molecular weight excluding hydrogens is 513 g/mol. The zero-order valence-corrected chi connectivity index (χ0v) is 21.2. The van der Waals surface area contributed by atoms with Gasteiger partial charge in [0.05, 0.1) is 12.5 Å². The SMILES string of the molecule is Cc1ccc(C(=O)N2CCN(C(=O)c3ccc(Cl)cc3)C2C(=O)NC(CC(=O)O)c2ccc(F)cc2)cc1. The third-order valence-corrected chi connectivity index (χ3v) is 6.54. The highest BCUT2D eigenvalue weighted by Gasteiger charge is 2.43. The fourth-order valence-corrected chi connectivity index (χ4v) is 4.45. The summed E-state index contributed by atoms with van der Waals surface area (Å²) in [6.07, 6.45) is -1.83. The summed E-state index contributed by atoms with van der Waals surface area (Å²) in [5.74, 6) is -3.38. The van der Waals surface area contributed by atoms with Crippen LogP contribution in [0.15, 0.2) is 72.8 Å². The van der Waals surface area contributed by atoms with E-state index in [1.54, 1.807) is 36.4 Å². The van der Waals surface area contributed by atoms with Crippen molar-refractivity contribution >= 4 is 35.3 Å². The van der Waals surface area contributed by atoms with Crippen molar-refractivity contribution in [2.24, 2.45) is 0 Å². The number of carboxylic acids is 1. The zero-order chi connectivity index (χ0) is 27.4. The summed E-state index contributed by atoms with van der Waals surface area (Å²) in [5.41, 5.74) is 1.94. The molecule has 1 aliphatic rings. The smallest absolute Gasteiger partial charge is 0.305 e. The van der Waals surface area contributed by atoms with Gasteiger partial charge in [0.15, 0.2) is 6.17 Å². The molecule has 4 rings (SSSR count). The van der Waals surface area contributed by atoms with Gasteiger partial charge in [0.25, 0.3) is 17.7 Å². The fraction of sp³-hybridized carbons (Fsp3) is 0.214. The summed E-state index contributed by atoms with van der Waals surface area (Å²) >= 11 is 5.95. The van der Waals surface area contributed by atoms with Crippen LogP contribution in [0, 0.1) is 12.7 Å². The summed E-state index contributed by atoms with van der Waals surface area (Å²) < 4.78 is 13.5. The van der Waals surface area contributed by atoms with Crippen LogP contribution in [0.3, 0.4) is 0 Å². The van der Waals surface area contributed by atoms with E-state index in [0.717, 1.165) is 17.7 Å². The molecular formula is C28H25ClFN3O5. The second kappa shape index (κ2) is 11.4. The first-order valence-corrected chi connectivity index (χ1v) is 12.2. The van der Waals surface area contributed by atoms with E-state index in [1.807, 2.05) is 6.92 Å². The Balaban J connectivity index is 1.67. The van der Waals surface area contributed by atoms with Crippen molar-refractivity contribution in [3.63, 3.8) is 0 Å². The first kappa shape index (κ1) is 26.8. The van der Waals surface area contributed by atoms with E-state index in [1.165, 1.54) is 34.1 Å². The predicted octanol–water partition coefficient (Wildman–Crippen LogP) is 4.04. The Labute approximate surface area is 223 Å². The van der Waals surface area contributed by atoms with Gasteiger partial charge >= 0.3 is 5.97 Å². The average Bonchev–Trinajstić information content (AvgIpc) is 3.34. The second-order valence-electron chi connectivity index (χ2n) is 8.95. The predicted molar refractivity (Wildman–Crippen MR) is 138 cm³/mol. The van der Waals surface area contributed by atoms with Gasteiger partial charge in [0.2, 0.25) is 0 Å². The van der Waals surface area contributed by atoms with Crippen molar-refractivity contribution in [2.45, 2.75) is 25.6 Å². The van der Waals surface area contributed by atoms with E-state index in [9.17, 15) is 28.7 Å². The van der Waals surface area contributed by atoms with Crippen LogP contribution in [0.4, 0.5) is 4.39 Å². The van der Waals surface area contributed by atoms with Gasteiger partial charge in [-0.15, -0.1) is 0 Å². The fourth-order valence-electron chi connectivity index (χ4n) is 4.33. The van der Waals surface area contributed by atoms with Crippen LogP contribution < -0.4 is 5.32 Å². The minimum absolute atomic E-state index is 0.0806. The van der Waals surface area contributed by atoms with Crippen LogP contribution in [0.2, 0.25) is 5.02 Å². The molecule has 0 saturated carbocycles. The molecule has 38 heavy (non-hydrogen) atoms. The maximum absolute atomic E-state index is 13.7. The molecule has 1 heterocycles. The van der Waals surface area contributed by atoms with Crippen molar-refractivity contribution in [2.75, 3.05) is 13.1 Å². The van der Waals surface area contributed by atoms with E-state index >= 15 is 0 Å². The second-order valence-corrected chi connectivity index (χ2v) is 9.39. The van der Waals surface area contributed by atoms with E-state index < -0.39 is 48.1 Å². The maximum Gasteiger partial charge on any atom is 0.305 e. The Hall–Kier alpha value is -4.24. The quantitative estimate of drug-likeness (QED) is 0.473. The number of hydrogen-bond donors (Lipinski definition) is 2. The summed E-state index contributed by atoms with van der Waals surface area (Å²) in [6.45, 7) is 2.05. The molecule has 1 saturated heterocycles. The Morgan fingerprint density at radius 3 is 1.89 bits per heavy atom. The van der Waals surface area contributed by atoms with Crippen LogP contribution in [-0.4, -0.2) is 57.9 Å². The molecule has 0 radical (unpaired) electrons. The Bertz CT molecular complexity index is 1280. The Morgan fingerprint density at radius 2 is 1.39 bits per heavy atom. The van der Waals surface area contributed by atoms with Crippen LogP contribution in [0.1, 0.15) is 44.3 Å². The van der Waals surface area contributed by atoms with Gasteiger partial charge < -0.3 is 20.2 Å². The lowest BCUT2D eigenvalue weighted by molar-refractivity contribution is -0.138. The number of nitrogens with one attached hydrogen (secondary N) is 1. The molecule has 10 heteroatoms. The highest BCUT2D eigenvalue weighted by atomic mass is 35.5. The van der Waals surface area contributed by atoms with Crippen molar-refractivity contribution in [1.82, 2.24) is 15.1 Å². The van der Waals surface area contributed by atoms with Crippen LogP contribution >= 0.6 is 11.6 Å². The van der Waals surface area contributed by atoms with Crippen molar-refractivity contribution in [3.8, 4) is 0 Å². The molecule has 0 aromatic heterocycles. The molecule has 3 aromatic rings. The van der Waals surface area contributed by atoms with Gasteiger partial charge in [-0.1, -0.05) is 41.4 Å². The van der Waals surface area contributed by atoms with Gasteiger partial charge in [-0.25, -0.2) is 4.39 Å². The number of aryl methyl sites for hydroxylation is 1. The molecule has 3 aromatic carbocycles. The lowest BCUT2D eigenvalue weighted by atomic mass is 10.0. The normalized spacial score (nSPS) is 15.7. The molecule has 2 unspecified atom stereocenters. The number of carbonyl (C=O) groups excluding carboxylic acids is 3. The van der Waals surface area contributed by atoms with Gasteiger partial charge in [0.1, 0.15) is 5.82 Å². The van der Waals surface area contributed by atoms with Crippen molar-refractivity contribution in [3.05, 3.63) is 106 Å². The molecule has 196 valence electrons. The zero-order valence-electron chi connectivity index (χ0n) is 20.4.